The molecule has 0 rings (SSSR count). The summed E-state index contributed by atoms with van der Waals surface area (Å²) in [5, 5.41) is 11.9. The molecule has 0 aliphatic rings. The van der Waals surface area contributed by atoms with Crippen LogP contribution in [0.3, 0.4) is 0 Å². The summed E-state index contributed by atoms with van der Waals surface area (Å²) < 4.78 is 22.9. The molecule has 0 saturated heterocycles. The Bertz CT molecular complexity index is 1890. The molecule has 550 valence electrons. The highest BCUT2D eigenvalue weighted by molar-refractivity contribution is 5.70. The molecule has 0 fully saturated rings. The fourth-order valence-corrected chi connectivity index (χ4v) is 11.7. The lowest BCUT2D eigenvalue weighted by atomic mass is 10.0. The molecule has 2 unspecified atom stereocenters. The summed E-state index contributed by atoms with van der Waals surface area (Å²) in [5.74, 6) is -2.27. The first-order valence-corrected chi connectivity index (χ1v) is 40.4. The molecular formula is C86H153NO8. The van der Waals surface area contributed by atoms with Gasteiger partial charge in [0.1, 0.15) is 13.2 Å². The third-order valence-corrected chi connectivity index (χ3v) is 17.8. The molecular weight excluding hydrogens is 1170 g/mol. The second kappa shape index (κ2) is 76.0. The minimum atomic E-state index is -1.63. The van der Waals surface area contributed by atoms with Crippen LogP contribution < -0.4 is 5.11 Å². The molecule has 0 spiro atoms. The largest absolute Gasteiger partial charge is 0.545 e. The van der Waals surface area contributed by atoms with E-state index in [-0.39, 0.29) is 32.2 Å². The highest BCUT2D eigenvalue weighted by Gasteiger charge is 2.22. The monoisotopic (exact) mass is 1330 g/mol. The molecule has 0 bridgehead atoms. The number of carbonyl (C=O) groups is 3. The number of likely N-dealkylation sites (N-methyl/N-ethyl adjacent to an activating group) is 1. The number of aliphatic carboxylic acids is 1. The fourth-order valence-electron chi connectivity index (χ4n) is 11.7. The standard InChI is InChI=1S/C86H153NO8/c1-6-8-10-12-14-16-18-20-22-24-26-28-30-32-34-36-38-40-41-42-43-45-46-48-50-52-54-56-58-60-62-64-66-68-70-72-74-76-83(88)93-80-82(81-94-86(85(90)91)92-79-78-87(3,4)5)95-84(89)77-75-73-71-69-67-65-63-61-59-57-55-53-51-49-47-44-39-37-35-33-31-29-27-25-23-21-19-17-15-13-11-9-7-2/h9,11,15,17,21,23-24,26-27,29,33,35,39,44,49,51,82,86H,6-8,10,12-14,16,18-20,22,25,28,30-32,34,36-38,40-43,45-48,50,52-81H2,1-5H3/b11-9-,17-15-,23-21-,26-24-,29-27-,35-33-,44-39-,51-49-. The summed E-state index contributed by atoms with van der Waals surface area (Å²) >= 11 is 0. The maximum atomic E-state index is 13.0. The van der Waals surface area contributed by atoms with E-state index in [2.05, 4.69) is 111 Å². The summed E-state index contributed by atoms with van der Waals surface area (Å²) in [4.78, 5) is 37.6. The lowest BCUT2D eigenvalue weighted by molar-refractivity contribution is -0.870. The SMILES string of the molecule is CC/C=C\C/C=C\C/C=C\C/C=C\C/C=C\C/C=C\C/C=C\CCCCCCCCCCCCCC(=O)OC(COC(=O)CCCCCCCCCCCCCCCCCCCCCCCCCCC/C=C\CCCCCCCCCC)COC(OCC[N+](C)(C)C)C(=O)[O-]. The zero-order valence-electron chi connectivity index (χ0n) is 63.0. The van der Waals surface area contributed by atoms with E-state index >= 15 is 0 Å². The summed E-state index contributed by atoms with van der Waals surface area (Å²) in [5.41, 5.74) is 0. The van der Waals surface area contributed by atoms with E-state index in [4.69, 9.17) is 18.9 Å². The number of esters is 2. The zero-order valence-corrected chi connectivity index (χ0v) is 63.0. The van der Waals surface area contributed by atoms with Crippen molar-refractivity contribution in [3.63, 3.8) is 0 Å². The molecule has 0 saturated carbocycles. The lowest BCUT2D eigenvalue weighted by Crippen LogP contribution is -2.44. The minimum Gasteiger partial charge on any atom is -0.545 e. The molecule has 0 radical (unpaired) electrons. The Morgan fingerprint density at radius 3 is 0.905 bits per heavy atom. The molecule has 0 aromatic rings. The van der Waals surface area contributed by atoms with Gasteiger partial charge in [-0.15, -0.1) is 0 Å². The number of carbonyl (C=O) groups excluding carboxylic acids is 3. The van der Waals surface area contributed by atoms with Gasteiger partial charge in [-0.2, -0.15) is 0 Å². The van der Waals surface area contributed by atoms with Gasteiger partial charge in [0.05, 0.1) is 40.3 Å². The number of carboxylic acid groups (broad SMARTS) is 1. The van der Waals surface area contributed by atoms with E-state index < -0.39 is 24.3 Å². The van der Waals surface area contributed by atoms with Crippen LogP contribution in [-0.2, 0) is 33.3 Å². The van der Waals surface area contributed by atoms with Crippen LogP contribution in [0.2, 0.25) is 0 Å². The van der Waals surface area contributed by atoms with E-state index in [1.54, 1.807) is 0 Å². The van der Waals surface area contributed by atoms with Crippen molar-refractivity contribution in [2.24, 2.45) is 0 Å². The van der Waals surface area contributed by atoms with Crippen molar-refractivity contribution in [1.82, 2.24) is 0 Å². The summed E-state index contributed by atoms with van der Waals surface area (Å²) in [6.45, 7) is 4.68. The number of nitrogens with zero attached hydrogens (tertiary/aromatic N) is 1. The number of unbranched alkanes of at least 4 members (excludes halogenated alkanes) is 44. The molecule has 95 heavy (non-hydrogen) atoms. The Balaban J connectivity index is 4.01. The van der Waals surface area contributed by atoms with E-state index in [1.807, 2.05) is 21.1 Å². The van der Waals surface area contributed by atoms with Crippen LogP contribution in [0.15, 0.2) is 97.2 Å². The number of ether oxygens (including phenoxy) is 4. The third-order valence-electron chi connectivity index (χ3n) is 17.8. The molecule has 0 heterocycles. The van der Waals surface area contributed by atoms with Gasteiger partial charge in [0.2, 0.25) is 0 Å². The van der Waals surface area contributed by atoms with Crippen molar-refractivity contribution < 1.29 is 42.9 Å². The average Bonchev–Trinajstić information content (AvgIpc) is 3.75. The molecule has 0 amide bonds. The van der Waals surface area contributed by atoms with Crippen LogP contribution >= 0.6 is 0 Å². The summed E-state index contributed by atoms with van der Waals surface area (Å²) in [6.07, 6.45) is 102. The smallest absolute Gasteiger partial charge is 0.306 e. The molecule has 9 heteroatoms. The van der Waals surface area contributed by atoms with Crippen LogP contribution in [0.25, 0.3) is 0 Å². The van der Waals surface area contributed by atoms with E-state index in [1.165, 1.54) is 250 Å². The topological polar surface area (TPSA) is 111 Å². The molecule has 9 nitrogen and oxygen atoms in total. The van der Waals surface area contributed by atoms with E-state index in [9.17, 15) is 19.5 Å². The first-order chi connectivity index (χ1) is 46.6. The summed E-state index contributed by atoms with van der Waals surface area (Å²) in [7, 11) is 5.94. The van der Waals surface area contributed by atoms with Gasteiger partial charge in [0.15, 0.2) is 12.4 Å². The van der Waals surface area contributed by atoms with Gasteiger partial charge in [0.25, 0.3) is 0 Å². The number of quaternary nitrogens is 1. The van der Waals surface area contributed by atoms with Gasteiger partial charge < -0.3 is 33.3 Å². The number of rotatable bonds is 75. The predicted molar refractivity (Wildman–Crippen MR) is 407 cm³/mol. The van der Waals surface area contributed by atoms with Gasteiger partial charge in [0, 0.05) is 12.8 Å². The normalized spacial score (nSPS) is 13.1. The van der Waals surface area contributed by atoms with Crippen molar-refractivity contribution in [3.8, 4) is 0 Å². The van der Waals surface area contributed by atoms with Gasteiger partial charge in [-0.3, -0.25) is 9.59 Å². The second-order valence-corrected chi connectivity index (χ2v) is 28.3. The van der Waals surface area contributed by atoms with Crippen molar-refractivity contribution in [1.29, 1.82) is 0 Å². The van der Waals surface area contributed by atoms with Crippen LogP contribution in [0.5, 0.6) is 0 Å². The molecule has 0 N–H and O–H groups in total. The molecule has 0 aromatic carbocycles. The average molecular weight is 1330 g/mol. The Morgan fingerprint density at radius 1 is 0.326 bits per heavy atom. The van der Waals surface area contributed by atoms with Crippen LogP contribution in [0.4, 0.5) is 0 Å². The number of carboxylic acids is 1. The lowest BCUT2D eigenvalue weighted by Gasteiger charge is -2.26. The molecule has 0 aliphatic carbocycles. The van der Waals surface area contributed by atoms with Gasteiger partial charge in [-0.1, -0.05) is 361 Å². The number of allylic oxidation sites excluding steroid dienone is 16. The fraction of sp³-hybridized carbons (Fsp3) is 0.779. The Hall–Kier alpha value is -3.79. The highest BCUT2D eigenvalue weighted by Crippen LogP contribution is 2.19. The van der Waals surface area contributed by atoms with Gasteiger partial charge in [-0.25, -0.2) is 0 Å². The molecule has 0 aromatic heterocycles. The quantitative estimate of drug-likeness (QED) is 0.0195. The van der Waals surface area contributed by atoms with Crippen molar-refractivity contribution >= 4 is 17.9 Å². The minimum absolute atomic E-state index is 0.145. The Labute approximate surface area is 588 Å². The maximum Gasteiger partial charge on any atom is 0.306 e. The van der Waals surface area contributed by atoms with Crippen LogP contribution in [-0.4, -0.2) is 82.3 Å². The van der Waals surface area contributed by atoms with Crippen LogP contribution in [0.1, 0.15) is 373 Å². The Kier molecular flexibility index (Phi) is 72.9. The zero-order chi connectivity index (χ0) is 69.0. The van der Waals surface area contributed by atoms with Crippen molar-refractivity contribution in [3.05, 3.63) is 97.2 Å². The first-order valence-electron chi connectivity index (χ1n) is 40.4. The van der Waals surface area contributed by atoms with E-state index in [0.29, 0.717) is 23.9 Å². The number of hydrogen-bond acceptors (Lipinski definition) is 8. The number of hydrogen-bond donors (Lipinski definition) is 0. The predicted octanol–water partition coefficient (Wildman–Crippen LogP) is 24.6. The summed E-state index contributed by atoms with van der Waals surface area (Å²) in [6, 6.07) is 0. The first kappa shape index (κ1) is 91.2. The van der Waals surface area contributed by atoms with Crippen LogP contribution in [0, 0.1) is 0 Å². The molecule has 2 atom stereocenters. The molecule has 0 aliphatic heterocycles. The van der Waals surface area contributed by atoms with Crippen molar-refractivity contribution in [2.45, 2.75) is 386 Å². The van der Waals surface area contributed by atoms with Gasteiger partial charge in [-0.05, 0) is 96.3 Å². The maximum absolute atomic E-state index is 13.0. The van der Waals surface area contributed by atoms with E-state index in [0.717, 1.165) is 89.9 Å². The van der Waals surface area contributed by atoms with Gasteiger partial charge >= 0.3 is 11.9 Å². The van der Waals surface area contributed by atoms with Crippen molar-refractivity contribution in [2.75, 3.05) is 47.5 Å². The Morgan fingerprint density at radius 2 is 0.600 bits per heavy atom. The highest BCUT2D eigenvalue weighted by atomic mass is 16.7. The third kappa shape index (κ3) is 77.4. The second-order valence-electron chi connectivity index (χ2n) is 28.3.